The van der Waals surface area contributed by atoms with E-state index in [0.29, 0.717) is 23.6 Å². The third kappa shape index (κ3) is 3.47. The van der Waals surface area contributed by atoms with Gasteiger partial charge in [-0.3, -0.25) is 0 Å². The molecule has 21 heavy (non-hydrogen) atoms. The molecule has 0 bridgehead atoms. The number of carbonyl (C=O) groups is 1. The minimum Gasteiger partial charge on any atom is -0.494 e. The first kappa shape index (κ1) is 14.8. The molecule has 110 valence electrons. The van der Waals surface area contributed by atoms with E-state index in [-0.39, 0.29) is 11.3 Å². The number of benzene rings is 1. The molecular weight excluding hydrogens is 275 g/mol. The van der Waals surface area contributed by atoms with Crippen LogP contribution in [0.1, 0.15) is 23.0 Å². The number of halogens is 1. The molecule has 2 N–H and O–H groups in total. The Morgan fingerprint density at radius 1 is 1.38 bits per heavy atom. The van der Waals surface area contributed by atoms with E-state index in [2.05, 4.69) is 10.3 Å². The third-order valence-corrected chi connectivity index (χ3v) is 2.91. The van der Waals surface area contributed by atoms with Crippen LogP contribution >= 0.6 is 0 Å². The standard InChI is InChI=1S/C15H15FN2O3/c1-3-10-6-9(15(19)20)7-14(17-10)18-11-4-5-12(16)13(8-11)21-2/h4-8H,3H2,1-2H3,(H,17,18)(H,19,20). The Bertz CT molecular complexity index is 674. The summed E-state index contributed by atoms with van der Waals surface area (Å²) in [5.41, 5.74) is 1.37. The molecule has 1 aromatic carbocycles. The van der Waals surface area contributed by atoms with Crippen LogP contribution in [-0.4, -0.2) is 23.2 Å². The zero-order chi connectivity index (χ0) is 15.4. The lowest BCUT2D eigenvalue weighted by atomic mass is 10.2. The molecule has 0 radical (unpaired) electrons. The van der Waals surface area contributed by atoms with Gasteiger partial charge in [0, 0.05) is 17.4 Å². The van der Waals surface area contributed by atoms with Crippen molar-refractivity contribution in [2.45, 2.75) is 13.3 Å². The van der Waals surface area contributed by atoms with Crippen LogP contribution < -0.4 is 10.1 Å². The molecule has 0 amide bonds. The van der Waals surface area contributed by atoms with Crippen molar-refractivity contribution >= 4 is 17.5 Å². The SMILES string of the molecule is CCc1cc(C(=O)O)cc(Nc2ccc(F)c(OC)c2)n1. The Kier molecular flexibility index (Phi) is 4.37. The lowest BCUT2D eigenvalue weighted by Crippen LogP contribution is -2.03. The second-order valence-electron chi connectivity index (χ2n) is 4.37. The summed E-state index contributed by atoms with van der Waals surface area (Å²) in [4.78, 5) is 15.4. The molecule has 0 spiro atoms. The van der Waals surface area contributed by atoms with Gasteiger partial charge in [-0.1, -0.05) is 6.92 Å². The number of aromatic carboxylic acids is 1. The van der Waals surface area contributed by atoms with Gasteiger partial charge in [-0.05, 0) is 30.7 Å². The Hall–Kier alpha value is -2.63. The normalized spacial score (nSPS) is 10.2. The van der Waals surface area contributed by atoms with E-state index in [0.717, 1.165) is 0 Å². The van der Waals surface area contributed by atoms with Crippen molar-refractivity contribution < 1.29 is 19.0 Å². The summed E-state index contributed by atoms with van der Waals surface area (Å²) < 4.78 is 18.3. The monoisotopic (exact) mass is 290 g/mol. The number of nitrogens with one attached hydrogen (secondary N) is 1. The first-order valence-electron chi connectivity index (χ1n) is 6.38. The molecule has 2 aromatic rings. The molecule has 0 fully saturated rings. The number of pyridine rings is 1. The molecular formula is C15H15FN2O3. The highest BCUT2D eigenvalue weighted by Crippen LogP contribution is 2.24. The van der Waals surface area contributed by atoms with Crippen molar-refractivity contribution in [1.82, 2.24) is 4.98 Å². The summed E-state index contributed by atoms with van der Waals surface area (Å²) in [5.74, 6) is -0.998. The van der Waals surface area contributed by atoms with Crippen molar-refractivity contribution in [2.24, 2.45) is 0 Å². The van der Waals surface area contributed by atoms with Gasteiger partial charge in [0.1, 0.15) is 5.82 Å². The van der Waals surface area contributed by atoms with Crippen LogP contribution in [0.15, 0.2) is 30.3 Å². The minimum absolute atomic E-state index is 0.102. The molecule has 2 rings (SSSR count). The van der Waals surface area contributed by atoms with Gasteiger partial charge in [0.05, 0.1) is 12.7 Å². The molecule has 0 unspecified atom stereocenters. The van der Waals surface area contributed by atoms with Gasteiger partial charge in [0.15, 0.2) is 11.6 Å². The maximum absolute atomic E-state index is 13.4. The van der Waals surface area contributed by atoms with E-state index >= 15 is 0 Å². The van der Waals surface area contributed by atoms with Crippen LogP contribution in [0.2, 0.25) is 0 Å². The Labute approximate surface area is 121 Å². The number of nitrogens with zero attached hydrogens (tertiary/aromatic N) is 1. The molecule has 0 atom stereocenters. The summed E-state index contributed by atoms with van der Waals surface area (Å²) in [5, 5.41) is 12.0. The fraction of sp³-hybridized carbons (Fsp3) is 0.200. The first-order valence-corrected chi connectivity index (χ1v) is 6.38. The topological polar surface area (TPSA) is 71.5 Å². The van der Waals surface area contributed by atoms with Crippen LogP contribution in [0.3, 0.4) is 0 Å². The fourth-order valence-electron chi connectivity index (χ4n) is 1.84. The van der Waals surface area contributed by atoms with Gasteiger partial charge in [0.25, 0.3) is 0 Å². The second-order valence-corrected chi connectivity index (χ2v) is 4.37. The summed E-state index contributed by atoms with van der Waals surface area (Å²) in [6.45, 7) is 1.89. The van der Waals surface area contributed by atoms with Crippen molar-refractivity contribution in [3.05, 3.63) is 47.4 Å². The quantitative estimate of drug-likeness (QED) is 0.884. The van der Waals surface area contributed by atoms with Gasteiger partial charge >= 0.3 is 5.97 Å². The Morgan fingerprint density at radius 2 is 2.14 bits per heavy atom. The molecule has 1 aromatic heterocycles. The molecule has 0 aliphatic heterocycles. The van der Waals surface area contributed by atoms with Crippen LogP contribution in [0.4, 0.5) is 15.9 Å². The van der Waals surface area contributed by atoms with Crippen molar-refractivity contribution in [2.75, 3.05) is 12.4 Å². The number of aromatic nitrogens is 1. The van der Waals surface area contributed by atoms with Gasteiger partial charge in [-0.15, -0.1) is 0 Å². The predicted octanol–water partition coefficient (Wildman–Crippen LogP) is 3.23. The van der Waals surface area contributed by atoms with Gasteiger partial charge in [-0.25, -0.2) is 14.2 Å². The number of rotatable bonds is 5. The van der Waals surface area contributed by atoms with E-state index in [4.69, 9.17) is 9.84 Å². The number of anilines is 2. The second kappa shape index (κ2) is 6.21. The number of carboxylic acid groups (broad SMARTS) is 1. The van der Waals surface area contributed by atoms with Gasteiger partial charge in [-0.2, -0.15) is 0 Å². The minimum atomic E-state index is -1.02. The Morgan fingerprint density at radius 3 is 2.76 bits per heavy atom. The van der Waals surface area contributed by atoms with E-state index in [1.54, 1.807) is 0 Å². The van der Waals surface area contributed by atoms with Crippen LogP contribution in [0.25, 0.3) is 0 Å². The molecule has 0 saturated carbocycles. The highest BCUT2D eigenvalue weighted by atomic mass is 19.1. The van der Waals surface area contributed by atoms with E-state index < -0.39 is 11.8 Å². The largest absolute Gasteiger partial charge is 0.494 e. The predicted molar refractivity (Wildman–Crippen MR) is 76.8 cm³/mol. The Balaban J connectivity index is 2.34. The summed E-state index contributed by atoms with van der Waals surface area (Å²) in [7, 11) is 1.38. The summed E-state index contributed by atoms with van der Waals surface area (Å²) in [6, 6.07) is 7.23. The van der Waals surface area contributed by atoms with Gasteiger partial charge in [0.2, 0.25) is 0 Å². The maximum atomic E-state index is 13.4. The molecule has 6 heteroatoms. The molecule has 0 saturated heterocycles. The number of ether oxygens (including phenoxy) is 1. The number of hydrogen-bond donors (Lipinski definition) is 2. The number of methoxy groups -OCH3 is 1. The van der Waals surface area contributed by atoms with E-state index in [1.165, 1.54) is 37.4 Å². The van der Waals surface area contributed by atoms with Crippen LogP contribution in [0, 0.1) is 5.82 Å². The lowest BCUT2D eigenvalue weighted by molar-refractivity contribution is 0.0696. The highest BCUT2D eigenvalue weighted by molar-refractivity contribution is 5.88. The van der Waals surface area contributed by atoms with E-state index in [1.807, 2.05) is 6.92 Å². The maximum Gasteiger partial charge on any atom is 0.335 e. The average molecular weight is 290 g/mol. The van der Waals surface area contributed by atoms with E-state index in [9.17, 15) is 9.18 Å². The number of hydrogen-bond acceptors (Lipinski definition) is 4. The fourth-order valence-corrected chi connectivity index (χ4v) is 1.84. The number of carboxylic acids is 1. The van der Waals surface area contributed by atoms with Crippen molar-refractivity contribution in [3.63, 3.8) is 0 Å². The van der Waals surface area contributed by atoms with Crippen LogP contribution in [-0.2, 0) is 6.42 Å². The zero-order valence-corrected chi connectivity index (χ0v) is 11.7. The zero-order valence-electron chi connectivity index (χ0n) is 11.7. The van der Waals surface area contributed by atoms with Crippen molar-refractivity contribution in [1.29, 1.82) is 0 Å². The first-order chi connectivity index (χ1) is 10.0. The van der Waals surface area contributed by atoms with Crippen LogP contribution in [0.5, 0.6) is 5.75 Å². The molecule has 0 aliphatic rings. The highest BCUT2D eigenvalue weighted by Gasteiger charge is 2.09. The smallest absolute Gasteiger partial charge is 0.335 e. The molecule has 0 aliphatic carbocycles. The third-order valence-electron chi connectivity index (χ3n) is 2.91. The van der Waals surface area contributed by atoms with Crippen molar-refractivity contribution in [3.8, 4) is 5.75 Å². The summed E-state index contributed by atoms with van der Waals surface area (Å²) >= 11 is 0. The molecule has 1 heterocycles. The number of aryl methyl sites for hydroxylation is 1. The summed E-state index contributed by atoms with van der Waals surface area (Å²) in [6.07, 6.45) is 0.614. The molecule has 5 nitrogen and oxygen atoms in total. The average Bonchev–Trinajstić information content (AvgIpc) is 2.48. The van der Waals surface area contributed by atoms with Gasteiger partial charge < -0.3 is 15.2 Å². The lowest BCUT2D eigenvalue weighted by Gasteiger charge is -2.10.